The number of aromatic nitrogens is 2. The number of hydrogen-bond acceptors (Lipinski definition) is 3. The molecule has 0 spiro atoms. The van der Waals surface area contributed by atoms with E-state index in [-0.39, 0.29) is 11.4 Å². The van der Waals surface area contributed by atoms with Gasteiger partial charge in [-0.25, -0.2) is 0 Å². The van der Waals surface area contributed by atoms with Crippen LogP contribution in [0, 0.1) is 6.92 Å². The summed E-state index contributed by atoms with van der Waals surface area (Å²) < 4.78 is 0. The van der Waals surface area contributed by atoms with Crippen molar-refractivity contribution in [1.82, 2.24) is 15.5 Å². The summed E-state index contributed by atoms with van der Waals surface area (Å²) in [6.07, 6.45) is 2.14. The highest BCUT2D eigenvalue weighted by atomic mass is 16.1. The van der Waals surface area contributed by atoms with Gasteiger partial charge in [0.15, 0.2) is 0 Å². The summed E-state index contributed by atoms with van der Waals surface area (Å²) in [5, 5.41) is 12.6. The topological polar surface area (TPSA) is 69.8 Å². The second-order valence-electron chi connectivity index (χ2n) is 4.90. The van der Waals surface area contributed by atoms with E-state index in [0.29, 0.717) is 18.8 Å². The molecule has 0 radical (unpaired) electrons. The van der Waals surface area contributed by atoms with E-state index in [1.54, 1.807) is 6.20 Å². The average Bonchev–Trinajstić information content (AvgIpc) is 2.49. The molecular formula is C11H20N4O. The molecule has 1 amide bonds. The minimum atomic E-state index is -0.0101. The van der Waals surface area contributed by atoms with Gasteiger partial charge in [-0.3, -0.25) is 9.89 Å². The van der Waals surface area contributed by atoms with Gasteiger partial charge >= 0.3 is 0 Å². The van der Waals surface area contributed by atoms with Crippen LogP contribution in [0.25, 0.3) is 0 Å². The molecule has 0 aliphatic carbocycles. The van der Waals surface area contributed by atoms with Crippen molar-refractivity contribution >= 4 is 11.7 Å². The fourth-order valence-corrected chi connectivity index (χ4v) is 1.23. The van der Waals surface area contributed by atoms with Gasteiger partial charge < -0.3 is 10.6 Å². The Bertz CT molecular complexity index is 351. The molecule has 0 aliphatic rings. The highest BCUT2D eigenvalue weighted by Crippen LogP contribution is 2.08. The Balaban J connectivity index is 2.30. The van der Waals surface area contributed by atoms with Crippen molar-refractivity contribution in [2.45, 2.75) is 39.7 Å². The Kier molecular flexibility index (Phi) is 4.06. The first-order valence-corrected chi connectivity index (χ1v) is 5.43. The maximum Gasteiger partial charge on any atom is 0.226 e. The quantitative estimate of drug-likeness (QED) is 0.724. The summed E-state index contributed by atoms with van der Waals surface area (Å²) in [5.74, 6) is 0.671. The van der Waals surface area contributed by atoms with E-state index in [2.05, 4.69) is 41.6 Å². The van der Waals surface area contributed by atoms with E-state index in [9.17, 15) is 4.79 Å². The van der Waals surface area contributed by atoms with E-state index < -0.39 is 0 Å². The van der Waals surface area contributed by atoms with Crippen molar-refractivity contribution in [3.8, 4) is 0 Å². The Morgan fingerprint density at radius 1 is 1.50 bits per heavy atom. The molecule has 16 heavy (non-hydrogen) atoms. The molecule has 0 saturated heterocycles. The predicted molar refractivity (Wildman–Crippen MR) is 64.3 cm³/mol. The number of carbonyl (C=O) groups is 1. The summed E-state index contributed by atoms with van der Waals surface area (Å²) in [5.41, 5.74) is 0.988. The highest BCUT2D eigenvalue weighted by molar-refractivity contribution is 5.90. The summed E-state index contributed by atoms with van der Waals surface area (Å²) in [4.78, 5) is 11.5. The molecule has 5 nitrogen and oxygen atoms in total. The largest absolute Gasteiger partial charge is 0.312 e. The second kappa shape index (κ2) is 5.12. The Morgan fingerprint density at radius 2 is 2.19 bits per heavy atom. The van der Waals surface area contributed by atoms with Gasteiger partial charge in [-0.2, -0.15) is 5.10 Å². The number of amides is 1. The lowest BCUT2D eigenvalue weighted by Gasteiger charge is -2.20. The molecule has 3 N–H and O–H groups in total. The van der Waals surface area contributed by atoms with Gasteiger partial charge in [-0.05, 0) is 27.7 Å². The minimum Gasteiger partial charge on any atom is -0.312 e. The third kappa shape index (κ3) is 4.44. The fourth-order valence-electron chi connectivity index (χ4n) is 1.23. The SMILES string of the molecule is Cc1cn[nH]c1NC(=O)CCNC(C)(C)C. The monoisotopic (exact) mass is 224 g/mol. The fraction of sp³-hybridized carbons (Fsp3) is 0.636. The average molecular weight is 224 g/mol. The van der Waals surface area contributed by atoms with Gasteiger partial charge in [0.05, 0.1) is 6.20 Å². The molecule has 0 bridgehead atoms. The number of H-pyrrole nitrogens is 1. The van der Waals surface area contributed by atoms with E-state index in [4.69, 9.17) is 0 Å². The molecule has 0 unspecified atom stereocenters. The lowest BCUT2D eigenvalue weighted by atomic mass is 10.1. The van der Waals surface area contributed by atoms with Crippen molar-refractivity contribution in [3.63, 3.8) is 0 Å². The van der Waals surface area contributed by atoms with Crippen LogP contribution < -0.4 is 10.6 Å². The summed E-state index contributed by atoms with van der Waals surface area (Å²) in [6, 6.07) is 0. The van der Waals surface area contributed by atoms with E-state index in [0.717, 1.165) is 5.56 Å². The first-order valence-electron chi connectivity index (χ1n) is 5.43. The number of aryl methyl sites for hydroxylation is 1. The third-order valence-corrected chi connectivity index (χ3v) is 2.10. The maximum atomic E-state index is 11.5. The van der Waals surface area contributed by atoms with Gasteiger partial charge in [0.25, 0.3) is 0 Å². The highest BCUT2D eigenvalue weighted by Gasteiger charge is 2.10. The Morgan fingerprint density at radius 3 is 2.69 bits per heavy atom. The van der Waals surface area contributed by atoms with Gasteiger partial charge in [-0.1, -0.05) is 0 Å². The molecule has 1 aromatic rings. The predicted octanol–water partition coefficient (Wildman–Crippen LogP) is 1.43. The van der Waals surface area contributed by atoms with Crippen LogP contribution in [0.15, 0.2) is 6.20 Å². The van der Waals surface area contributed by atoms with Crippen LogP contribution in [0.5, 0.6) is 0 Å². The summed E-state index contributed by atoms with van der Waals surface area (Å²) in [7, 11) is 0. The van der Waals surface area contributed by atoms with E-state index >= 15 is 0 Å². The van der Waals surface area contributed by atoms with E-state index in [1.807, 2.05) is 6.92 Å². The number of hydrogen-bond donors (Lipinski definition) is 3. The maximum absolute atomic E-state index is 11.5. The number of carbonyl (C=O) groups excluding carboxylic acids is 1. The zero-order valence-electron chi connectivity index (χ0n) is 10.3. The Labute approximate surface area is 96.0 Å². The second-order valence-corrected chi connectivity index (χ2v) is 4.90. The summed E-state index contributed by atoms with van der Waals surface area (Å²) >= 11 is 0. The van der Waals surface area contributed by atoms with E-state index in [1.165, 1.54) is 0 Å². The minimum absolute atomic E-state index is 0.0101. The van der Waals surface area contributed by atoms with Crippen LogP contribution in [0.4, 0.5) is 5.82 Å². The third-order valence-electron chi connectivity index (χ3n) is 2.10. The first-order chi connectivity index (χ1) is 7.38. The van der Waals surface area contributed by atoms with Gasteiger partial charge in [0.1, 0.15) is 5.82 Å². The molecule has 5 heteroatoms. The number of nitrogens with one attached hydrogen (secondary N) is 3. The summed E-state index contributed by atoms with van der Waals surface area (Å²) in [6.45, 7) is 8.78. The molecule has 1 rings (SSSR count). The van der Waals surface area contributed by atoms with Crippen LogP contribution in [-0.4, -0.2) is 28.2 Å². The molecule has 90 valence electrons. The van der Waals surface area contributed by atoms with Crippen molar-refractivity contribution in [3.05, 3.63) is 11.8 Å². The molecule has 0 atom stereocenters. The molecule has 0 fully saturated rings. The van der Waals surface area contributed by atoms with Crippen LogP contribution in [0.2, 0.25) is 0 Å². The van der Waals surface area contributed by atoms with Gasteiger partial charge in [0.2, 0.25) is 5.91 Å². The van der Waals surface area contributed by atoms with Crippen molar-refractivity contribution in [2.24, 2.45) is 0 Å². The van der Waals surface area contributed by atoms with Crippen LogP contribution in [0.1, 0.15) is 32.8 Å². The zero-order valence-corrected chi connectivity index (χ0v) is 10.3. The molecule has 1 aromatic heterocycles. The number of rotatable bonds is 4. The smallest absolute Gasteiger partial charge is 0.226 e. The molecule has 0 aromatic carbocycles. The molecule has 0 aliphatic heterocycles. The zero-order chi connectivity index (χ0) is 12.2. The van der Waals surface area contributed by atoms with Crippen molar-refractivity contribution in [1.29, 1.82) is 0 Å². The molecule has 0 saturated carbocycles. The van der Waals surface area contributed by atoms with Crippen LogP contribution in [0.3, 0.4) is 0 Å². The van der Waals surface area contributed by atoms with Crippen LogP contribution in [-0.2, 0) is 4.79 Å². The van der Waals surface area contributed by atoms with Crippen LogP contribution >= 0.6 is 0 Å². The number of anilines is 1. The molecule has 1 heterocycles. The normalized spacial score (nSPS) is 11.5. The molecular weight excluding hydrogens is 204 g/mol. The van der Waals surface area contributed by atoms with Crippen molar-refractivity contribution in [2.75, 3.05) is 11.9 Å². The van der Waals surface area contributed by atoms with Gasteiger partial charge in [-0.15, -0.1) is 0 Å². The number of nitrogens with zero attached hydrogens (tertiary/aromatic N) is 1. The van der Waals surface area contributed by atoms with Gasteiger partial charge in [0, 0.05) is 24.1 Å². The standard InChI is InChI=1S/C11H20N4O/c1-8-7-13-15-10(8)14-9(16)5-6-12-11(2,3)4/h7,12H,5-6H2,1-4H3,(H2,13,14,15,16). The Hall–Kier alpha value is -1.36. The number of aromatic amines is 1. The first kappa shape index (κ1) is 12.7. The lowest BCUT2D eigenvalue weighted by molar-refractivity contribution is -0.116. The lowest BCUT2D eigenvalue weighted by Crippen LogP contribution is -2.37. The van der Waals surface area contributed by atoms with Crippen molar-refractivity contribution < 1.29 is 4.79 Å².